The average molecular weight is 403 g/mol. The molecule has 0 amide bonds. The molecule has 0 aliphatic carbocycles. The number of hydrogen-bond acceptors (Lipinski definition) is 2. The molecule has 4 rings (SSSR count). The van der Waals surface area contributed by atoms with Crippen LogP contribution in [0.3, 0.4) is 0 Å². The number of nitrogens with zero attached hydrogens (tertiary/aromatic N) is 3. The second kappa shape index (κ2) is 9.03. The van der Waals surface area contributed by atoms with Crippen molar-refractivity contribution in [3.8, 4) is 0 Å². The molecule has 0 fully saturated rings. The highest BCUT2D eigenvalue weighted by Crippen LogP contribution is 2.21. The quantitative estimate of drug-likeness (QED) is 0.326. The number of aliphatic imine (C=N–C) groups is 1. The van der Waals surface area contributed by atoms with Crippen LogP contribution in [-0.4, -0.2) is 40.0 Å². The number of imidazole rings is 1. The third kappa shape index (κ3) is 4.32. The largest absolute Gasteiger partial charge is 0.361 e. The minimum Gasteiger partial charge on any atom is -0.361 e. The molecule has 3 aromatic heterocycles. The van der Waals surface area contributed by atoms with Gasteiger partial charge >= 0.3 is 0 Å². The van der Waals surface area contributed by atoms with Gasteiger partial charge in [0.15, 0.2) is 5.96 Å². The molecule has 3 N–H and O–H groups in total. The van der Waals surface area contributed by atoms with E-state index in [2.05, 4.69) is 77.4 Å². The first-order valence-corrected chi connectivity index (χ1v) is 10.7. The fraction of sp³-hybridized carbons (Fsp3) is 0.333. The molecule has 3 heterocycles. The van der Waals surface area contributed by atoms with Crippen molar-refractivity contribution in [1.29, 1.82) is 0 Å². The molecule has 30 heavy (non-hydrogen) atoms. The Bertz CT molecular complexity index is 1170. The highest BCUT2D eigenvalue weighted by atomic mass is 15.2. The van der Waals surface area contributed by atoms with E-state index in [1.807, 2.05) is 12.3 Å². The average Bonchev–Trinajstić information content (AvgIpc) is 3.34. The molecule has 0 saturated carbocycles. The number of rotatable bonds is 7. The van der Waals surface area contributed by atoms with Gasteiger partial charge in [0.25, 0.3) is 0 Å². The Hall–Kier alpha value is -3.28. The lowest BCUT2D eigenvalue weighted by molar-refractivity contribution is 0.797. The van der Waals surface area contributed by atoms with Gasteiger partial charge in [-0.25, -0.2) is 4.98 Å². The van der Waals surface area contributed by atoms with E-state index in [0.29, 0.717) is 6.54 Å². The summed E-state index contributed by atoms with van der Waals surface area (Å²) in [4.78, 5) is 12.9. The molecule has 4 aromatic rings. The van der Waals surface area contributed by atoms with E-state index in [0.717, 1.165) is 43.2 Å². The minimum atomic E-state index is 0.699. The van der Waals surface area contributed by atoms with Crippen LogP contribution in [0.4, 0.5) is 0 Å². The van der Waals surface area contributed by atoms with Gasteiger partial charge in [-0.05, 0) is 49.9 Å². The number of benzene rings is 1. The van der Waals surface area contributed by atoms with E-state index in [9.17, 15) is 0 Å². The summed E-state index contributed by atoms with van der Waals surface area (Å²) in [7, 11) is 0. The third-order valence-electron chi connectivity index (χ3n) is 5.41. The van der Waals surface area contributed by atoms with Crippen molar-refractivity contribution in [2.24, 2.45) is 4.99 Å². The maximum atomic E-state index is 4.74. The maximum absolute atomic E-state index is 4.74. The zero-order valence-corrected chi connectivity index (χ0v) is 18.0. The van der Waals surface area contributed by atoms with Crippen LogP contribution in [0.5, 0.6) is 0 Å². The molecule has 0 atom stereocenters. The van der Waals surface area contributed by atoms with E-state index < -0.39 is 0 Å². The standard InChI is InChI=1S/C24H30N6/c1-4-25-24(26-12-10-19-15-28-22-17(2)7-5-9-21(19)22)27-13-11-20-16-30-14-6-8-18(3)23(30)29-20/h5-9,14-16,28H,4,10-13H2,1-3H3,(H2,25,26,27). The van der Waals surface area contributed by atoms with Gasteiger partial charge in [0.2, 0.25) is 0 Å². The molecule has 1 aromatic carbocycles. The van der Waals surface area contributed by atoms with E-state index in [-0.39, 0.29) is 0 Å². The Kier molecular flexibility index (Phi) is 6.02. The van der Waals surface area contributed by atoms with Gasteiger partial charge in [-0.2, -0.15) is 0 Å². The first kappa shape index (κ1) is 20.0. The van der Waals surface area contributed by atoms with Crippen molar-refractivity contribution in [2.75, 3.05) is 19.6 Å². The number of nitrogens with one attached hydrogen (secondary N) is 3. The lowest BCUT2D eigenvalue weighted by Crippen LogP contribution is -2.38. The fourth-order valence-corrected chi connectivity index (χ4v) is 3.84. The molecular weight excluding hydrogens is 372 g/mol. The Morgan fingerprint density at radius 1 is 1.10 bits per heavy atom. The molecule has 0 aliphatic heterocycles. The number of fused-ring (bicyclic) bond motifs is 2. The number of pyridine rings is 1. The molecule has 0 saturated heterocycles. The second-order valence-corrected chi connectivity index (χ2v) is 7.65. The number of aromatic nitrogens is 3. The minimum absolute atomic E-state index is 0.699. The van der Waals surface area contributed by atoms with Crippen LogP contribution >= 0.6 is 0 Å². The van der Waals surface area contributed by atoms with Gasteiger partial charge in [0.1, 0.15) is 5.65 Å². The smallest absolute Gasteiger partial charge is 0.191 e. The molecule has 0 radical (unpaired) electrons. The van der Waals surface area contributed by atoms with Crippen LogP contribution in [0.2, 0.25) is 0 Å². The Balaban J connectivity index is 1.35. The summed E-state index contributed by atoms with van der Waals surface area (Å²) in [5.41, 5.74) is 7.12. The summed E-state index contributed by atoms with van der Waals surface area (Å²) in [6.07, 6.45) is 8.02. The summed E-state index contributed by atoms with van der Waals surface area (Å²) in [5.74, 6) is 0.855. The van der Waals surface area contributed by atoms with E-state index in [1.165, 1.54) is 27.6 Å². The number of H-pyrrole nitrogens is 1. The highest BCUT2D eigenvalue weighted by molar-refractivity contribution is 5.86. The molecule has 0 spiro atoms. The number of para-hydroxylation sites is 1. The predicted molar refractivity (Wildman–Crippen MR) is 124 cm³/mol. The molecule has 6 nitrogen and oxygen atoms in total. The molecule has 0 bridgehead atoms. The van der Waals surface area contributed by atoms with Gasteiger partial charge in [-0.3, -0.25) is 4.99 Å². The highest BCUT2D eigenvalue weighted by Gasteiger charge is 2.06. The Morgan fingerprint density at radius 2 is 1.97 bits per heavy atom. The zero-order valence-electron chi connectivity index (χ0n) is 18.0. The fourth-order valence-electron chi connectivity index (χ4n) is 3.84. The number of hydrogen-bond donors (Lipinski definition) is 3. The number of aryl methyl sites for hydroxylation is 2. The Labute approximate surface area is 177 Å². The first-order valence-electron chi connectivity index (χ1n) is 10.7. The summed E-state index contributed by atoms with van der Waals surface area (Å²) in [6.45, 7) is 8.69. The van der Waals surface area contributed by atoms with Gasteiger partial charge in [-0.1, -0.05) is 24.3 Å². The van der Waals surface area contributed by atoms with E-state index in [1.54, 1.807) is 0 Å². The Morgan fingerprint density at radius 3 is 2.80 bits per heavy atom. The van der Waals surface area contributed by atoms with Crippen LogP contribution in [0, 0.1) is 13.8 Å². The molecule has 6 heteroatoms. The number of guanidine groups is 1. The van der Waals surface area contributed by atoms with Crippen molar-refractivity contribution < 1.29 is 0 Å². The van der Waals surface area contributed by atoms with Crippen LogP contribution in [0.15, 0.2) is 53.9 Å². The van der Waals surface area contributed by atoms with Crippen molar-refractivity contribution in [3.05, 3.63) is 71.3 Å². The molecule has 0 unspecified atom stereocenters. The van der Waals surface area contributed by atoms with Crippen molar-refractivity contribution in [2.45, 2.75) is 33.6 Å². The summed E-state index contributed by atoms with van der Waals surface area (Å²) >= 11 is 0. The predicted octanol–water partition coefficient (Wildman–Crippen LogP) is 3.77. The molecular formula is C24H30N6. The zero-order chi connectivity index (χ0) is 20.9. The molecule has 156 valence electrons. The summed E-state index contributed by atoms with van der Waals surface area (Å²) in [6, 6.07) is 10.6. The van der Waals surface area contributed by atoms with Crippen molar-refractivity contribution in [1.82, 2.24) is 25.0 Å². The summed E-state index contributed by atoms with van der Waals surface area (Å²) < 4.78 is 2.08. The maximum Gasteiger partial charge on any atom is 0.191 e. The topological polar surface area (TPSA) is 69.5 Å². The van der Waals surface area contributed by atoms with Crippen LogP contribution in [0.25, 0.3) is 16.6 Å². The van der Waals surface area contributed by atoms with Crippen molar-refractivity contribution in [3.63, 3.8) is 0 Å². The third-order valence-corrected chi connectivity index (χ3v) is 5.41. The second-order valence-electron chi connectivity index (χ2n) is 7.65. The molecule has 0 aliphatic rings. The van der Waals surface area contributed by atoms with Gasteiger partial charge < -0.3 is 20.0 Å². The van der Waals surface area contributed by atoms with Crippen LogP contribution in [0.1, 0.15) is 29.3 Å². The normalized spacial score (nSPS) is 12.0. The van der Waals surface area contributed by atoms with Gasteiger partial charge in [-0.15, -0.1) is 0 Å². The lowest BCUT2D eigenvalue weighted by Gasteiger charge is -2.11. The first-order chi connectivity index (χ1) is 14.7. The van der Waals surface area contributed by atoms with Crippen LogP contribution < -0.4 is 10.6 Å². The van der Waals surface area contributed by atoms with Crippen LogP contribution in [-0.2, 0) is 12.8 Å². The van der Waals surface area contributed by atoms with Gasteiger partial charge in [0, 0.05) is 55.5 Å². The van der Waals surface area contributed by atoms with E-state index >= 15 is 0 Å². The van der Waals surface area contributed by atoms with Gasteiger partial charge in [0.05, 0.1) is 5.69 Å². The number of aromatic amines is 1. The SMILES string of the molecule is CCNC(=NCCc1cn2cccc(C)c2n1)NCCc1c[nH]c2c(C)cccc12. The van der Waals surface area contributed by atoms with Crippen molar-refractivity contribution >= 4 is 22.5 Å². The lowest BCUT2D eigenvalue weighted by atomic mass is 10.1. The summed E-state index contributed by atoms with van der Waals surface area (Å²) in [5, 5.41) is 8.10. The van der Waals surface area contributed by atoms with E-state index in [4.69, 9.17) is 9.98 Å². The monoisotopic (exact) mass is 402 g/mol.